The van der Waals surface area contributed by atoms with Gasteiger partial charge in [0.2, 0.25) is 0 Å². The van der Waals surface area contributed by atoms with Gasteiger partial charge in [-0.3, -0.25) is 0 Å². The van der Waals surface area contributed by atoms with Gasteiger partial charge >= 0.3 is 0 Å². The standard InChI is InChI=1S/C16H26O/c1-6-15-11-14(5)17-16(15)9-7-8-13(4)10-12(2)3/h8,11-12H,6-7,9-10H2,1-5H3/b13-8+. The first kappa shape index (κ1) is 14.1. The van der Waals surface area contributed by atoms with E-state index in [1.807, 2.05) is 6.92 Å². The van der Waals surface area contributed by atoms with Crippen molar-refractivity contribution in [2.75, 3.05) is 0 Å². The van der Waals surface area contributed by atoms with Crippen molar-refractivity contribution in [2.45, 2.75) is 60.3 Å². The maximum Gasteiger partial charge on any atom is 0.107 e. The number of aryl methyl sites for hydroxylation is 3. The fourth-order valence-electron chi connectivity index (χ4n) is 2.30. The number of rotatable bonds is 6. The summed E-state index contributed by atoms with van der Waals surface area (Å²) in [6.07, 6.45) is 6.77. The molecule has 0 aliphatic rings. The number of hydrogen-bond acceptors (Lipinski definition) is 1. The molecule has 0 aliphatic carbocycles. The Kier molecular flexibility index (Phi) is 5.54. The topological polar surface area (TPSA) is 13.1 Å². The largest absolute Gasteiger partial charge is 0.466 e. The Morgan fingerprint density at radius 3 is 2.71 bits per heavy atom. The van der Waals surface area contributed by atoms with E-state index < -0.39 is 0 Å². The molecule has 1 aromatic heterocycles. The van der Waals surface area contributed by atoms with E-state index >= 15 is 0 Å². The zero-order chi connectivity index (χ0) is 12.8. The van der Waals surface area contributed by atoms with Gasteiger partial charge in [-0.15, -0.1) is 0 Å². The van der Waals surface area contributed by atoms with E-state index in [-0.39, 0.29) is 0 Å². The molecule has 0 aromatic carbocycles. The van der Waals surface area contributed by atoms with Gasteiger partial charge in [0.1, 0.15) is 11.5 Å². The summed E-state index contributed by atoms with van der Waals surface area (Å²) in [5.41, 5.74) is 2.87. The smallest absolute Gasteiger partial charge is 0.107 e. The molecule has 1 aromatic rings. The van der Waals surface area contributed by atoms with E-state index in [1.54, 1.807) is 0 Å². The van der Waals surface area contributed by atoms with Crippen LogP contribution in [0.15, 0.2) is 22.1 Å². The fraction of sp³-hybridized carbons (Fsp3) is 0.625. The summed E-state index contributed by atoms with van der Waals surface area (Å²) in [6, 6.07) is 2.17. The molecule has 96 valence electrons. The number of allylic oxidation sites excluding steroid dienone is 2. The third-order valence-corrected chi connectivity index (χ3v) is 3.00. The van der Waals surface area contributed by atoms with Crippen LogP contribution in [0, 0.1) is 12.8 Å². The highest BCUT2D eigenvalue weighted by atomic mass is 16.3. The minimum Gasteiger partial charge on any atom is -0.466 e. The highest BCUT2D eigenvalue weighted by Gasteiger charge is 2.06. The van der Waals surface area contributed by atoms with Gasteiger partial charge in [0, 0.05) is 6.42 Å². The Labute approximate surface area is 106 Å². The third-order valence-electron chi connectivity index (χ3n) is 3.00. The van der Waals surface area contributed by atoms with Crippen LogP contribution in [-0.2, 0) is 12.8 Å². The van der Waals surface area contributed by atoms with Crippen molar-refractivity contribution >= 4 is 0 Å². The van der Waals surface area contributed by atoms with Gasteiger partial charge in [0.15, 0.2) is 0 Å². The second-order valence-electron chi connectivity index (χ2n) is 5.35. The molecule has 1 heteroatoms. The van der Waals surface area contributed by atoms with Gasteiger partial charge in [0.05, 0.1) is 0 Å². The Hall–Kier alpha value is -0.980. The minimum atomic E-state index is 0.753. The van der Waals surface area contributed by atoms with Crippen LogP contribution in [0.2, 0.25) is 0 Å². The summed E-state index contributed by atoms with van der Waals surface area (Å²) in [5.74, 6) is 2.97. The van der Waals surface area contributed by atoms with E-state index in [0.29, 0.717) is 0 Å². The highest BCUT2D eigenvalue weighted by Crippen LogP contribution is 2.18. The van der Waals surface area contributed by atoms with Crippen molar-refractivity contribution in [3.63, 3.8) is 0 Å². The molecule has 0 saturated heterocycles. The number of hydrogen-bond donors (Lipinski definition) is 0. The molecular weight excluding hydrogens is 208 g/mol. The first-order chi connectivity index (χ1) is 8.02. The lowest BCUT2D eigenvalue weighted by Crippen LogP contribution is -1.90. The van der Waals surface area contributed by atoms with Crippen molar-refractivity contribution in [3.8, 4) is 0 Å². The van der Waals surface area contributed by atoms with E-state index in [0.717, 1.165) is 30.9 Å². The number of furan rings is 1. The van der Waals surface area contributed by atoms with Crippen LogP contribution in [0.4, 0.5) is 0 Å². The van der Waals surface area contributed by atoms with Crippen LogP contribution in [0.25, 0.3) is 0 Å². The molecule has 0 radical (unpaired) electrons. The third kappa shape index (κ3) is 4.80. The molecule has 0 bridgehead atoms. The molecule has 1 nitrogen and oxygen atoms in total. The van der Waals surface area contributed by atoms with Crippen molar-refractivity contribution in [2.24, 2.45) is 5.92 Å². The second kappa shape index (κ2) is 6.68. The molecule has 0 spiro atoms. The molecular formula is C16H26O. The van der Waals surface area contributed by atoms with Crippen LogP contribution in [0.1, 0.15) is 57.6 Å². The first-order valence-corrected chi connectivity index (χ1v) is 6.76. The lowest BCUT2D eigenvalue weighted by atomic mass is 10.0. The summed E-state index contributed by atoms with van der Waals surface area (Å²) in [4.78, 5) is 0. The highest BCUT2D eigenvalue weighted by molar-refractivity contribution is 5.21. The monoisotopic (exact) mass is 234 g/mol. The normalized spacial score (nSPS) is 12.5. The average molecular weight is 234 g/mol. The summed E-state index contributed by atoms with van der Waals surface area (Å²) >= 11 is 0. The van der Waals surface area contributed by atoms with Gasteiger partial charge < -0.3 is 4.42 Å². The van der Waals surface area contributed by atoms with Gasteiger partial charge in [-0.25, -0.2) is 0 Å². The van der Waals surface area contributed by atoms with Crippen molar-refractivity contribution in [1.82, 2.24) is 0 Å². The summed E-state index contributed by atoms with van der Waals surface area (Å²) < 4.78 is 5.74. The summed E-state index contributed by atoms with van der Waals surface area (Å²) in [5, 5.41) is 0. The van der Waals surface area contributed by atoms with E-state index in [1.165, 1.54) is 23.3 Å². The molecule has 0 atom stereocenters. The molecule has 0 saturated carbocycles. The maximum atomic E-state index is 5.74. The predicted molar refractivity (Wildman–Crippen MR) is 74.4 cm³/mol. The minimum absolute atomic E-state index is 0.753. The molecule has 0 N–H and O–H groups in total. The van der Waals surface area contributed by atoms with Crippen LogP contribution in [-0.4, -0.2) is 0 Å². The van der Waals surface area contributed by atoms with Crippen molar-refractivity contribution < 1.29 is 4.42 Å². The summed E-state index contributed by atoms with van der Waals surface area (Å²) in [7, 11) is 0. The molecule has 0 aliphatic heterocycles. The van der Waals surface area contributed by atoms with Gasteiger partial charge in [-0.1, -0.05) is 32.4 Å². The van der Waals surface area contributed by atoms with Gasteiger partial charge in [-0.05, 0) is 50.7 Å². The fourth-order valence-corrected chi connectivity index (χ4v) is 2.30. The Balaban J connectivity index is 2.50. The predicted octanol–water partition coefficient (Wildman–Crippen LogP) is 5.08. The average Bonchev–Trinajstić information content (AvgIpc) is 2.57. The van der Waals surface area contributed by atoms with E-state index in [4.69, 9.17) is 4.42 Å². The molecule has 1 heterocycles. The van der Waals surface area contributed by atoms with Gasteiger partial charge in [-0.2, -0.15) is 0 Å². The molecule has 0 fully saturated rings. The maximum absolute atomic E-state index is 5.74. The molecule has 0 unspecified atom stereocenters. The second-order valence-corrected chi connectivity index (χ2v) is 5.35. The van der Waals surface area contributed by atoms with Gasteiger partial charge in [0.25, 0.3) is 0 Å². The zero-order valence-electron chi connectivity index (χ0n) is 12.0. The van der Waals surface area contributed by atoms with Crippen LogP contribution >= 0.6 is 0 Å². The van der Waals surface area contributed by atoms with Crippen LogP contribution in [0.5, 0.6) is 0 Å². The quantitative estimate of drug-likeness (QED) is 0.626. The first-order valence-electron chi connectivity index (χ1n) is 6.76. The van der Waals surface area contributed by atoms with Crippen LogP contribution < -0.4 is 0 Å². The summed E-state index contributed by atoms with van der Waals surface area (Å²) in [6.45, 7) is 11.0. The Morgan fingerprint density at radius 2 is 2.12 bits per heavy atom. The zero-order valence-corrected chi connectivity index (χ0v) is 12.0. The van der Waals surface area contributed by atoms with E-state index in [9.17, 15) is 0 Å². The SMILES string of the molecule is CCc1cc(C)oc1CC/C=C(\C)CC(C)C. The van der Waals surface area contributed by atoms with Crippen molar-refractivity contribution in [3.05, 3.63) is 34.8 Å². The molecule has 17 heavy (non-hydrogen) atoms. The van der Waals surface area contributed by atoms with Crippen LogP contribution in [0.3, 0.4) is 0 Å². The lowest BCUT2D eigenvalue weighted by molar-refractivity contribution is 0.480. The Morgan fingerprint density at radius 1 is 1.41 bits per heavy atom. The molecule has 0 amide bonds. The molecule has 1 rings (SSSR count). The Bertz CT molecular complexity index is 369. The lowest BCUT2D eigenvalue weighted by Gasteiger charge is -2.04. The van der Waals surface area contributed by atoms with Crippen molar-refractivity contribution in [1.29, 1.82) is 0 Å². The van der Waals surface area contributed by atoms with E-state index in [2.05, 4.69) is 39.8 Å².